The maximum atomic E-state index is 11.8. The van der Waals surface area contributed by atoms with Gasteiger partial charge >= 0.3 is 0 Å². The molecule has 22 heavy (non-hydrogen) atoms. The zero-order valence-corrected chi connectivity index (χ0v) is 14.0. The van der Waals surface area contributed by atoms with Crippen LogP contribution in [0.25, 0.3) is 0 Å². The van der Waals surface area contributed by atoms with Crippen LogP contribution in [-0.2, 0) is 23.6 Å². The summed E-state index contributed by atoms with van der Waals surface area (Å²) in [5, 5.41) is 14.0. The Bertz CT molecular complexity index is 644. The van der Waals surface area contributed by atoms with Crippen LogP contribution in [0.4, 0.5) is 0 Å². The summed E-state index contributed by atoms with van der Waals surface area (Å²) >= 11 is 0. The number of likely N-dealkylation sites (tertiary alicyclic amines) is 1. The van der Waals surface area contributed by atoms with Crippen LogP contribution in [0.1, 0.15) is 12.0 Å². The third kappa shape index (κ3) is 2.92. The lowest BCUT2D eigenvalue weighted by Crippen LogP contribution is -2.48. The number of hydrogen-bond donors (Lipinski definition) is 1. The van der Waals surface area contributed by atoms with Gasteiger partial charge in [-0.3, -0.25) is 9.58 Å². The third-order valence-corrected chi connectivity index (χ3v) is 6.35. The number of hydrogen-bond acceptors (Lipinski definition) is 5. The second-order valence-electron chi connectivity index (χ2n) is 6.78. The van der Waals surface area contributed by atoms with E-state index in [4.69, 9.17) is 0 Å². The molecule has 0 aromatic carbocycles. The normalized spacial score (nSPS) is 30.6. The first kappa shape index (κ1) is 15.9. The molecule has 3 heterocycles. The van der Waals surface area contributed by atoms with Crippen molar-refractivity contribution in [2.24, 2.45) is 18.4 Å². The number of piperidine rings is 1. The Kier molecular flexibility index (Phi) is 4.05. The summed E-state index contributed by atoms with van der Waals surface area (Å²) in [5.74, 6) is 0.192. The molecule has 0 saturated carbocycles. The van der Waals surface area contributed by atoms with E-state index < -0.39 is 10.0 Å². The lowest BCUT2D eigenvalue weighted by molar-refractivity contribution is 0.0170. The molecule has 1 aromatic heterocycles. The van der Waals surface area contributed by atoms with Crippen LogP contribution in [0, 0.1) is 11.3 Å². The van der Waals surface area contributed by atoms with Gasteiger partial charge in [-0.05, 0) is 18.9 Å². The SMILES string of the molecule is Cn1cc(CN2CC[C@@]3(CO)CN(S(C)(=O)=O)C[C@H]3C2)cn1. The zero-order valence-electron chi connectivity index (χ0n) is 13.1. The van der Waals surface area contributed by atoms with Gasteiger partial charge in [-0.25, -0.2) is 12.7 Å². The van der Waals surface area contributed by atoms with Crippen molar-refractivity contribution < 1.29 is 13.5 Å². The van der Waals surface area contributed by atoms with Gasteiger partial charge in [0.1, 0.15) is 0 Å². The molecule has 0 bridgehead atoms. The molecule has 2 aliphatic rings. The standard InChI is InChI=1S/C14H24N4O3S/c1-16-6-12(5-15-16)7-17-4-3-14(11-19)10-18(22(2,20)21)9-13(14)8-17/h5-6,13,19H,3-4,7-11H2,1-2H3/t13-,14+/m1/s1. The molecule has 0 aliphatic carbocycles. The Balaban J connectivity index is 1.71. The van der Waals surface area contributed by atoms with Crippen molar-refractivity contribution in [2.75, 3.05) is 39.0 Å². The fourth-order valence-corrected chi connectivity index (χ4v) is 4.71. The molecule has 7 nitrogen and oxygen atoms in total. The molecular formula is C14H24N4O3S. The van der Waals surface area contributed by atoms with E-state index in [1.807, 2.05) is 19.4 Å². The zero-order chi connectivity index (χ0) is 16.0. The molecule has 1 N–H and O–H groups in total. The molecule has 2 atom stereocenters. The van der Waals surface area contributed by atoms with E-state index in [-0.39, 0.29) is 17.9 Å². The molecule has 0 amide bonds. The smallest absolute Gasteiger partial charge is 0.211 e. The highest BCUT2D eigenvalue weighted by molar-refractivity contribution is 7.88. The van der Waals surface area contributed by atoms with E-state index in [9.17, 15) is 13.5 Å². The van der Waals surface area contributed by atoms with Crippen LogP contribution in [0.3, 0.4) is 0 Å². The van der Waals surface area contributed by atoms with E-state index in [1.54, 1.807) is 4.68 Å². The average molecular weight is 328 g/mol. The van der Waals surface area contributed by atoms with Gasteiger partial charge in [0.15, 0.2) is 0 Å². The molecule has 0 radical (unpaired) electrons. The van der Waals surface area contributed by atoms with Gasteiger partial charge in [0.05, 0.1) is 19.1 Å². The molecule has 0 unspecified atom stereocenters. The molecule has 0 spiro atoms. The fraction of sp³-hybridized carbons (Fsp3) is 0.786. The number of aliphatic hydroxyl groups is 1. The van der Waals surface area contributed by atoms with Crippen LogP contribution in [0.15, 0.2) is 12.4 Å². The summed E-state index contributed by atoms with van der Waals surface area (Å²) in [6, 6.07) is 0. The molecule has 124 valence electrons. The van der Waals surface area contributed by atoms with Gasteiger partial charge in [-0.1, -0.05) is 0 Å². The third-order valence-electron chi connectivity index (χ3n) is 5.13. The highest BCUT2D eigenvalue weighted by Gasteiger charge is 2.51. The van der Waals surface area contributed by atoms with Gasteiger partial charge in [0.2, 0.25) is 10.0 Å². The van der Waals surface area contributed by atoms with Crippen molar-refractivity contribution in [2.45, 2.75) is 13.0 Å². The summed E-state index contributed by atoms with van der Waals surface area (Å²) in [7, 11) is -1.29. The van der Waals surface area contributed by atoms with Crippen molar-refractivity contribution in [1.82, 2.24) is 19.0 Å². The Morgan fingerprint density at radius 2 is 2.23 bits per heavy atom. The van der Waals surface area contributed by atoms with Gasteiger partial charge < -0.3 is 5.11 Å². The Hall–Kier alpha value is -0.960. The second-order valence-corrected chi connectivity index (χ2v) is 8.76. The van der Waals surface area contributed by atoms with E-state index in [0.717, 1.165) is 31.6 Å². The van der Waals surface area contributed by atoms with Gasteiger partial charge in [-0.15, -0.1) is 0 Å². The van der Waals surface area contributed by atoms with Gasteiger partial charge in [-0.2, -0.15) is 5.10 Å². The molecule has 8 heteroatoms. The molecular weight excluding hydrogens is 304 g/mol. The summed E-state index contributed by atoms with van der Waals surface area (Å²) in [4.78, 5) is 2.33. The minimum atomic E-state index is -3.19. The highest BCUT2D eigenvalue weighted by Crippen LogP contribution is 2.43. The quantitative estimate of drug-likeness (QED) is 0.806. The fourth-order valence-electron chi connectivity index (χ4n) is 3.77. The second kappa shape index (κ2) is 5.59. The first-order chi connectivity index (χ1) is 10.3. The Morgan fingerprint density at radius 1 is 1.45 bits per heavy atom. The monoisotopic (exact) mass is 328 g/mol. The Morgan fingerprint density at radius 3 is 2.82 bits per heavy atom. The Labute approximate surface area is 131 Å². The number of rotatable bonds is 4. The van der Waals surface area contributed by atoms with Crippen molar-refractivity contribution >= 4 is 10.0 Å². The van der Waals surface area contributed by atoms with Crippen LogP contribution >= 0.6 is 0 Å². The van der Waals surface area contributed by atoms with Crippen LogP contribution < -0.4 is 0 Å². The van der Waals surface area contributed by atoms with E-state index in [1.165, 1.54) is 10.6 Å². The van der Waals surface area contributed by atoms with Crippen LogP contribution in [-0.4, -0.2) is 71.6 Å². The van der Waals surface area contributed by atoms with Gasteiger partial charge in [0, 0.05) is 50.4 Å². The largest absolute Gasteiger partial charge is 0.396 e. The predicted octanol–water partition coefficient (Wildman–Crippen LogP) is -0.504. The molecule has 2 saturated heterocycles. The number of aliphatic hydroxyl groups excluding tert-OH is 1. The minimum absolute atomic E-state index is 0.0599. The number of aryl methyl sites for hydroxylation is 1. The van der Waals surface area contributed by atoms with Crippen molar-refractivity contribution in [3.8, 4) is 0 Å². The lowest BCUT2D eigenvalue weighted by atomic mass is 9.73. The van der Waals surface area contributed by atoms with E-state index in [2.05, 4.69) is 10.00 Å². The maximum absolute atomic E-state index is 11.8. The molecule has 3 rings (SSSR count). The number of sulfonamides is 1. The molecule has 1 aromatic rings. The van der Waals surface area contributed by atoms with Crippen molar-refractivity contribution in [3.05, 3.63) is 18.0 Å². The molecule has 2 fully saturated rings. The summed E-state index contributed by atoms with van der Waals surface area (Å²) in [5.41, 5.74) is 0.895. The topological polar surface area (TPSA) is 78.7 Å². The van der Waals surface area contributed by atoms with Crippen LogP contribution in [0.2, 0.25) is 0 Å². The van der Waals surface area contributed by atoms with E-state index >= 15 is 0 Å². The maximum Gasteiger partial charge on any atom is 0.211 e. The van der Waals surface area contributed by atoms with Crippen LogP contribution in [0.5, 0.6) is 0 Å². The lowest BCUT2D eigenvalue weighted by Gasteiger charge is -2.42. The number of fused-ring (bicyclic) bond motifs is 1. The predicted molar refractivity (Wildman–Crippen MR) is 82.5 cm³/mol. The van der Waals surface area contributed by atoms with Crippen molar-refractivity contribution in [1.29, 1.82) is 0 Å². The summed E-state index contributed by atoms with van der Waals surface area (Å²) in [6.07, 6.45) is 5.96. The minimum Gasteiger partial charge on any atom is -0.396 e. The average Bonchev–Trinajstić information content (AvgIpc) is 3.02. The number of aromatic nitrogens is 2. The van der Waals surface area contributed by atoms with Gasteiger partial charge in [0.25, 0.3) is 0 Å². The highest BCUT2D eigenvalue weighted by atomic mass is 32.2. The van der Waals surface area contributed by atoms with E-state index in [0.29, 0.717) is 13.1 Å². The first-order valence-electron chi connectivity index (χ1n) is 7.58. The summed E-state index contributed by atoms with van der Waals surface area (Å²) < 4.78 is 27.0. The number of nitrogens with zero attached hydrogens (tertiary/aromatic N) is 4. The molecule has 2 aliphatic heterocycles. The first-order valence-corrected chi connectivity index (χ1v) is 9.43. The summed E-state index contributed by atoms with van der Waals surface area (Å²) in [6.45, 7) is 3.55. The van der Waals surface area contributed by atoms with Crippen molar-refractivity contribution in [3.63, 3.8) is 0 Å².